The maximum atomic E-state index is 5.77. The fraction of sp³-hybridized carbons (Fsp3) is 0.364. The molecule has 27 heavy (non-hydrogen) atoms. The summed E-state index contributed by atoms with van der Waals surface area (Å²) in [7, 11) is 1.69. The number of hydrazone groups is 1. The van der Waals surface area contributed by atoms with Gasteiger partial charge in [0.15, 0.2) is 5.11 Å². The zero-order valence-electron chi connectivity index (χ0n) is 15.8. The van der Waals surface area contributed by atoms with E-state index in [9.17, 15) is 0 Å². The average molecular weight is 380 g/mol. The molecule has 2 aliphatic rings. The molecular weight excluding hydrogens is 354 g/mol. The SMILES string of the molecule is COc1ccc([C@@H]2[C@H]3CCCC(C)C3=NN2C(=S)Nc2ccccc2)cc1. The molecule has 1 aliphatic heterocycles. The summed E-state index contributed by atoms with van der Waals surface area (Å²) < 4.78 is 5.33. The largest absolute Gasteiger partial charge is 0.497 e. The molecule has 1 saturated carbocycles. The van der Waals surface area contributed by atoms with Crippen LogP contribution >= 0.6 is 12.2 Å². The average Bonchev–Trinajstić information content (AvgIpc) is 3.10. The Labute approximate surface area is 166 Å². The monoisotopic (exact) mass is 379 g/mol. The van der Waals surface area contributed by atoms with Crippen molar-refractivity contribution in [2.24, 2.45) is 16.9 Å². The van der Waals surface area contributed by atoms with Crippen molar-refractivity contribution in [3.63, 3.8) is 0 Å². The molecule has 2 aromatic carbocycles. The second-order valence-corrected chi connectivity index (χ2v) is 7.71. The van der Waals surface area contributed by atoms with Gasteiger partial charge in [-0.05, 0) is 60.8 Å². The molecule has 3 atom stereocenters. The van der Waals surface area contributed by atoms with E-state index in [1.807, 2.05) is 47.5 Å². The van der Waals surface area contributed by atoms with E-state index in [0.717, 1.165) is 17.9 Å². The second kappa shape index (κ2) is 7.69. The van der Waals surface area contributed by atoms with Gasteiger partial charge < -0.3 is 10.1 Å². The van der Waals surface area contributed by atoms with Gasteiger partial charge in [-0.3, -0.25) is 0 Å². The molecule has 0 bridgehead atoms. The van der Waals surface area contributed by atoms with Gasteiger partial charge in [0.25, 0.3) is 0 Å². The minimum Gasteiger partial charge on any atom is -0.497 e. The number of hydrogen-bond donors (Lipinski definition) is 1. The Morgan fingerprint density at radius 2 is 1.85 bits per heavy atom. The standard InChI is InChI=1S/C22H25N3OS/c1-15-7-6-10-19-20(15)24-25(22(27)23-17-8-4-3-5-9-17)21(19)16-11-13-18(26-2)14-12-16/h3-5,8-9,11-15,19,21H,6-7,10H2,1-2H3,(H,23,27)/t15?,19-,21+/m0/s1. The summed E-state index contributed by atoms with van der Waals surface area (Å²) in [5.74, 6) is 1.79. The van der Waals surface area contributed by atoms with Crippen molar-refractivity contribution >= 4 is 28.7 Å². The number of ether oxygens (including phenoxy) is 1. The molecule has 0 radical (unpaired) electrons. The predicted octanol–water partition coefficient (Wildman–Crippen LogP) is 5.24. The van der Waals surface area contributed by atoms with Crippen LogP contribution in [0.3, 0.4) is 0 Å². The molecule has 0 spiro atoms. The highest BCUT2D eigenvalue weighted by molar-refractivity contribution is 7.80. The van der Waals surface area contributed by atoms with Gasteiger partial charge in [-0.25, -0.2) is 5.01 Å². The molecule has 1 N–H and O–H groups in total. The lowest BCUT2D eigenvalue weighted by molar-refractivity contribution is 0.299. The molecule has 2 aromatic rings. The number of hydrogen-bond acceptors (Lipinski definition) is 3. The number of methoxy groups -OCH3 is 1. The van der Waals surface area contributed by atoms with E-state index >= 15 is 0 Å². The Bertz CT molecular complexity index is 834. The third-order valence-corrected chi connectivity index (χ3v) is 5.88. The Hall–Kier alpha value is -2.40. The van der Waals surface area contributed by atoms with Crippen molar-refractivity contribution in [2.45, 2.75) is 32.2 Å². The molecule has 1 aliphatic carbocycles. The predicted molar refractivity (Wildman–Crippen MR) is 114 cm³/mol. The van der Waals surface area contributed by atoms with Crippen LogP contribution in [0.2, 0.25) is 0 Å². The van der Waals surface area contributed by atoms with Crippen molar-refractivity contribution in [3.8, 4) is 5.75 Å². The second-order valence-electron chi connectivity index (χ2n) is 7.32. The first-order chi connectivity index (χ1) is 13.2. The molecule has 1 fully saturated rings. The van der Waals surface area contributed by atoms with E-state index in [-0.39, 0.29) is 6.04 Å². The number of nitrogens with zero attached hydrogens (tertiary/aromatic N) is 2. The minimum atomic E-state index is 0.136. The molecule has 4 nitrogen and oxygen atoms in total. The Morgan fingerprint density at radius 3 is 2.56 bits per heavy atom. The van der Waals surface area contributed by atoms with E-state index in [1.165, 1.54) is 24.1 Å². The van der Waals surface area contributed by atoms with Crippen LogP contribution in [0.15, 0.2) is 59.7 Å². The summed E-state index contributed by atoms with van der Waals surface area (Å²) in [4.78, 5) is 0. The van der Waals surface area contributed by atoms with Crippen molar-refractivity contribution in [3.05, 3.63) is 60.2 Å². The molecule has 140 valence electrons. The van der Waals surface area contributed by atoms with Crippen LogP contribution in [0, 0.1) is 11.8 Å². The summed E-state index contributed by atoms with van der Waals surface area (Å²) in [5.41, 5.74) is 3.50. The van der Waals surface area contributed by atoms with E-state index in [2.05, 4.69) is 24.4 Å². The molecular formula is C22H25N3OS. The number of fused-ring (bicyclic) bond motifs is 1. The van der Waals surface area contributed by atoms with Gasteiger partial charge >= 0.3 is 0 Å². The number of thiocarbonyl (C=S) groups is 1. The molecule has 0 amide bonds. The summed E-state index contributed by atoms with van der Waals surface area (Å²) >= 11 is 5.77. The van der Waals surface area contributed by atoms with E-state index < -0.39 is 0 Å². The first kappa shape index (κ1) is 18.0. The quantitative estimate of drug-likeness (QED) is 0.740. The van der Waals surface area contributed by atoms with Crippen molar-refractivity contribution in [1.29, 1.82) is 0 Å². The molecule has 1 unspecified atom stereocenters. The highest BCUT2D eigenvalue weighted by atomic mass is 32.1. The third kappa shape index (κ3) is 3.56. The van der Waals surface area contributed by atoms with Crippen LogP contribution in [0.1, 0.15) is 37.8 Å². The van der Waals surface area contributed by atoms with Gasteiger partial charge in [0.2, 0.25) is 0 Å². The van der Waals surface area contributed by atoms with Crippen LogP contribution in [0.5, 0.6) is 5.75 Å². The smallest absolute Gasteiger partial charge is 0.194 e. The summed E-state index contributed by atoms with van der Waals surface area (Å²) in [6, 6.07) is 18.5. The third-order valence-electron chi connectivity index (χ3n) is 5.60. The van der Waals surface area contributed by atoms with Crippen LogP contribution in [0.4, 0.5) is 5.69 Å². The molecule has 0 saturated heterocycles. The fourth-order valence-electron chi connectivity index (χ4n) is 4.20. The Morgan fingerprint density at radius 1 is 1.11 bits per heavy atom. The van der Waals surface area contributed by atoms with Crippen molar-refractivity contribution < 1.29 is 4.74 Å². The molecule has 1 heterocycles. The molecule has 4 rings (SSSR count). The Balaban J connectivity index is 1.66. The van der Waals surface area contributed by atoms with Gasteiger partial charge in [0, 0.05) is 17.3 Å². The van der Waals surface area contributed by atoms with Gasteiger partial charge in [0.05, 0.1) is 13.2 Å². The maximum absolute atomic E-state index is 5.77. The lowest BCUT2D eigenvalue weighted by Gasteiger charge is -2.31. The minimum absolute atomic E-state index is 0.136. The van der Waals surface area contributed by atoms with Crippen molar-refractivity contribution in [2.75, 3.05) is 12.4 Å². The number of rotatable bonds is 3. The lowest BCUT2D eigenvalue weighted by atomic mass is 9.76. The lowest BCUT2D eigenvalue weighted by Crippen LogP contribution is -2.35. The summed E-state index contributed by atoms with van der Waals surface area (Å²) in [5, 5.41) is 11.0. The highest BCUT2D eigenvalue weighted by Gasteiger charge is 2.43. The molecule has 0 aromatic heterocycles. The highest BCUT2D eigenvalue weighted by Crippen LogP contribution is 2.44. The first-order valence-corrected chi connectivity index (χ1v) is 9.96. The number of anilines is 1. The van der Waals surface area contributed by atoms with E-state index in [1.54, 1.807) is 7.11 Å². The number of para-hydroxylation sites is 1. The van der Waals surface area contributed by atoms with Gasteiger partial charge in [0.1, 0.15) is 5.75 Å². The molecule has 5 heteroatoms. The zero-order chi connectivity index (χ0) is 18.8. The topological polar surface area (TPSA) is 36.9 Å². The number of benzene rings is 2. The van der Waals surface area contributed by atoms with E-state index in [4.69, 9.17) is 22.1 Å². The fourth-order valence-corrected chi connectivity index (χ4v) is 4.48. The van der Waals surface area contributed by atoms with Crippen molar-refractivity contribution in [1.82, 2.24) is 5.01 Å². The first-order valence-electron chi connectivity index (χ1n) is 9.55. The van der Waals surface area contributed by atoms with Gasteiger partial charge in [-0.2, -0.15) is 5.10 Å². The zero-order valence-corrected chi connectivity index (χ0v) is 16.6. The number of nitrogens with one attached hydrogen (secondary N) is 1. The summed E-state index contributed by atoms with van der Waals surface area (Å²) in [6.07, 6.45) is 3.60. The Kier molecular flexibility index (Phi) is 5.12. The van der Waals surface area contributed by atoms with Crippen LogP contribution in [-0.2, 0) is 0 Å². The summed E-state index contributed by atoms with van der Waals surface area (Å²) in [6.45, 7) is 2.28. The maximum Gasteiger partial charge on any atom is 0.194 e. The normalized spacial score (nSPS) is 24.1. The van der Waals surface area contributed by atoms with E-state index in [0.29, 0.717) is 16.9 Å². The van der Waals surface area contributed by atoms with Crippen LogP contribution in [-0.4, -0.2) is 22.9 Å². The van der Waals surface area contributed by atoms with Crippen LogP contribution in [0.25, 0.3) is 0 Å². The van der Waals surface area contributed by atoms with Gasteiger partial charge in [-0.15, -0.1) is 0 Å². The van der Waals surface area contributed by atoms with Gasteiger partial charge in [-0.1, -0.05) is 43.7 Å². The van der Waals surface area contributed by atoms with Crippen LogP contribution < -0.4 is 10.1 Å².